The van der Waals surface area contributed by atoms with Crippen LogP contribution in [0.2, 0.25) is 0 Å². The summed E-state index contributed by atoms with van der Waals surface area (Å²) >= 11 is 0. The first kappa shape index (κ1) is 24.2. The maximum Gasteiger partial charge on any atom is 0.253 e. The molecule has 2 fully saturated rings. The van der Waals surface area contributed by atoms with Crippen LogP contribution in [0, 0.1) is 18.3 Å². The van der Waals surface area contributed by atoms with Crippen molar-refractivity contribution in [2.24, 2.45) is 0 Å². The van der Waals surface area contributed by atoms with Crippen LogP contribution < -0.4 is 4.72 Å². The van der Waals surface area contributed by atoms with Crippen LogP contribution in [0.5, 0.6) is 0 Å². The van der Waals surface area contributed by atoms with Crippen molar-refractivity contribution in [3.05, 3.63) is 64.7 Å². The molecule has 1 unspecified atom stereocenters. The van der Waals surface area contributed by atoms with Gasteiger partial charge in [0.1, 0.15) is 0 Å². The summed E-state index contributed by atoms with van der Waals surface area (Å²) in [5, 5.41) is 7.97. The van der Waals surface area contributed by atoms with E-state index >= 15 is 0 Å². The van der Waals surface area contributed by atoms with Gasteiger partial charge in [-0.3, -0.25) is 9.52 Å². The molecule has 0 saturated carbocycles. The molecule has 34 heavy (non-hydrogen) atoms. The van der Waals surface area contributed by atoms with Crippen molar-refractivity contribution in [1.82, 2.24) is 4.90 Å². The smallest absolute Gasteiger partial charge is 0.253 e. The Kier molecular flexibility index (Phi) is 6.69. The molecule has 4 rings (SSSR count). The number of nitrogens with one attached hydrogen (secondary N) is 1. The summed E-state index contributed by atoms with van der Waals surface area (Å²) in [5.74, 6) is -0.357. The van der Waals surface area contributed by atoms with Gasteiger partial charge in [0, 0.05) is 18.7 Å². The zero-order valence-corrected chi connectivity index (χ0v) is 20.5. The average molecular weight is 502 g/mol. The number of nitriles is 1. The summed E-state index contributed by atoms with van der Waals surface area (Å²) in [4.78, 5) is 14.9. The van der Waals surface area contributed by atoms with Crippen LogP contribution in [0.15, 0.2) is 42.5 Å². The highest BCUT2D eigenvalue weighted by Gasteiger charge is 2.37. The lowest BCUT2D eigenvalue weighted by Gasteiger charge is -2.32. The normalized spacial score (nSPS) is 20.6. The predicted molar refractivity (Wildman–Crippen MR) is 130 cm³/mol. The number of benzene rings is 2. The molecule has 0 bridgehead atoms. The van der Waals surface area contributed by atoms with Crippen molar-refractivity contribution in [2.45, 2.75) is 37.4 Å². The Balaban J connectivity index is 1.43. The van der Waals surface area contributed by atoms with Gasteiger partial charge < -0.3 is 4.90 Å². The van der Waals surface area contributed by atoms with Crippen LogP contribution in [0.3, 0.4) is 0 Å². The molecule has 1 N–H and O–H groups in total. The molecule has 1 atom stereocenters. The number of rotatable bonds is 5. The second-order valence-electron chi connectivity index (χ2n) is 9.00. The van der Waals surface area contributed by atoms with Crippen LogP contribution in [0.4, 0.5) is 5.69 Å². The van der Waals surface area contributed by atoms with E-state index in [-0.39, 0.29) is 23.8 Å². The van der Waals surface area contributed by atoms with Gasteiger partial charge in [-0.1, -0.05) is 18.2 Å². The van der Waals surface area contributed by atoms with E-state index in [4.69, 9.17) is 5.26 Å². The maximum atomic E-state index is 13.1. The molecule has 2 aliphatic rings. The molecule has 8 nitrogen and oxygen atoms in total. The second kappa shape index (κ2) is 9.39. The van der Waals surface area contributed by atoms with Gasteiger partial charge in [-0.05, 0) is 67.5 Å². The molecule has 0 radical (unpaired) electrons. The van der Waals surface area contributed by atoms with Crippen LogP contribution in [0.1, 0.15) is 52.2 Å². The SMILES string of the molecule is Cc1ccc(C(=O)N2CCC(c3ccc(C#N)cc3)CC2)cc1NS(=O)(=O)C1CCS(=O)(=O)C1. The Morgan fingerprint density at radius 1 is 1.09 bits per heavy atom. The molecular formula is C24H27N3O5S2. The highest BCUT2D eigenvalue weighted by molar-refractivity contribution is 7.97. The van der Waals surface area contributed by atoms with Crippen molar-refractivity contribution < 1.29 is 21.6 Å². The molecule has 10 heteroatoms. The average Bonchev–Trinajstić information content (AvgIpc) is 3.21. The van der Waals surface area contributed by atoms with Gasteiger partial charge in [0.25, 0.3) is 5.91 Å². The van der Waals surface area contributed by atoms with Crippen molar-refractivity contribution in [3.8, 4) is 6.07 Å². The van der Waals surface area contributed by atoms with Crippen molar-refractivity contribution in [1.29, 1.82) is 5.26 Å². The summed E-state index contributed by atoms with van der Waals surface area (Å²) in [7, 11) is -7.23. The minimum Gasteiger partial charge on any atom is -0.339 e. The summed E-state index contributed by atoms with van der Waals surface area (Å²) in [6.45, 7) is 2.90. The standard InChI is InChI=1S/C24H27N3O5S2/c1-17-2-5-21(14-23(17)26-34(31,32)22-10-13-33(29,30)16-22)24(28)27-11-8-20(9-12-27)19-6-3-18(15-25)4-7-19/h2-7,14,20,22,26H,8-13,16H2,1H3. The number of aryl methyl sites for hydroxylation is 1. The third kappa shape index (κ3) is 5.26. The number of piperidine rings is 1. The maximum absolute atomic E-state index is 13.1. The first-order chi connectivity index (χ1) is 16.1. The lowest BCUT2D eigenvalue weighted by Crippen LogP contribution is -2.38. The molecule has 0 aliphatic carbocycles. The van der Waals surface area contributed by atoms with Gasteiger partial charge in [-0.2, -0.15) is 5.26 Å². The number of nitrogens with zero attached hydrogens (tertiary/aromatic N) is 2. The van der Waals surface area contributed by atoms with Gasteiger partial charge in [0.2, 0.25) is 10.0 Å². The molecule has 2 aromatic carbocycles. The number of carbonyl (C=O) groups is 1. The first-order valence-electron chi connectivity index (χ1n) is 11.2. The van der Waals surface area contributed by atoms with Crippen LogP contribution in [-0.4, -0.2) is 57.5 Å². The van der Waals surface area contributed by atoms with Crippen molar-refractivity contribution in [2.75, 3.05) is 29.3 Å². The van der Waals surface area contributed by atoms with Crippen molar-refractivity contribution in [3.63, 3.8) is 0 Å². The lowest BCUT2D eigenvalue weighted by atomic mass is 9.89. The van der Waals surface area contributed by atoms with Crippen LogP contribution in [0.25, 0.3) is 0 Å². The summed E-state index contributed by atoms with van der Waals surface area (Å²) < 4.78 is 51.4. The third-order valence-electron chi connectivity index (χ3n) is 6.66. The van der Waals surface area contributed by atoms with Gasteiger partial charge in [-0.25, -0.2) is 16.8 Å². The fourth-order valence-corrected chi connectivity index (χ4v) is 8.69. The summed E-state index contributed by atoms with van der Waals surface area (Å²) in [6, 6.07) is 14.6. The molecule has 180 valence electrons. The highest BCUT2D eigenvalue weighted by atomic mass is 32.2. The van der Waals surface area contributed by atoms with E-state index in [1.807, 2.05) is 24.3 Å². The number of hydrogen-bond donors (Lipinski definition) is 1. The molecule has 2 aliphatic heterocycles. The fourth-order valence-electron chi connectivity index (χ4n) is 4.54. The predicted octanol–water partition coefficient (Wildman–Crippen LogP) is 2.82. The van der Waals surface area contributed by atoms with E-state index < -0.39 is 25.1 Å². The number of carbonyl (C=O) groups excluding carboxylic acids is 1. The number of sulfone groups is 1. The zero-order chi connectivity index (χ0) is 24.5. The molecule has 2 heterocycles. The van der Waals surface area contributed by atoms with E-state index in [1.54, 1.807) is 24.0 Å². The fraction of sp³-hybridized carbons (Fsp3) is 0.417. The van der Waals surface area contributed by atoms with E-state index in [0.29, 0.717) is 41.4 Å². The highest BCUT2D eigenvalue weighted by Crippen LogP contribution is 2.30. The second-order valence-corrected chi connectivity index (χ2v) is 13.2. The monoisotopic (exact) mass is 501 g/mol. The summed E-state index contributed by atoms with van der Waals surface area (Å²) in [6.07, 6.45) is 1.68. The number of sulfonamides is 1. The molecule has 2 saturated heterocycles. The lowest BCUT2D eigenvalue weighted by molar-refractivity contribution is 0.0713. The quantitative estimate of drug-likeness (QED) is 0.672. The Morgan fingerprint density at radius 2 is 1.76 bits per heavy atom. The number of hydrogen-bond acceptors (Lipinski definition) is 6. The van der Waals surface area contributed by atoms with Gasteiger partial charge in [-0.15, -0.1) is 0 Å². The summed E-state index contributed by atoms with van der Waals surface area (Å²) in [5.41, 5.74) is 3.12. The minimum atomic E-state index is -3.89. The number of likely N-dealkylation sites (tertiary alicyclic amines) is 1. The molecule has 0 spiro atoms. The van der Waals surface area contributed by atoms with Crippen LogP contribution in [-0.2, 0) is 19.9 Å². The van der Waals surface area contributed by atoms with Gasteiger partial charge in [0.05, 0.1) is 34.1 Å². The molecular weight excluding hydrogens is 474 g/mol. The Hall–Kier alpha value is -2.90. The topological polar surface area (TPSA) is 124 Å². The van der Waals surface area contributed by atoms with Crippen molar-refractivity contribution >= 4 is 31.5 Å². The van der Waals surface area contributed by atoms with E-state index in [9.17, 15) is 21.6 Å². The largest absolute Gasteiger partial charge is 0.339 e. The Morgan fingerprint density at radius 3 is 2.35 bits per heavy atom. The number of anilines is 1. The molecule has 0 aromatic heterocycles. The minimum absolute atomic E-state index is 0.0729. The van der Waals surface area contributed by atoms with Crippen LogP contribution >= 0.6 is 0 Å². The first-order valence-corrected chi connectivity index (χ1v) is 14.6. The van der Waals surface area contributed by atoms with E-state index in [1.165, 1.54) is 6.07 Å². The Bertz CT molecular complexity index is 1340. The van der Waals surface area contributed by atoms with E-state index in [0.717, 1.165) is 18.4 Å². The third-order valence-corrected chi connectivity index (χ3v) is 10.4. The zero-order valence-electron chi connectivity index (χ0n) is 18.9. The van der Waals surface area contributed by atoms with E-state index in [2.05, 4.69) is 10.8 Å². The van der Waals surface area contributed by atoms with Gasteiger partial charge >= 0.3 is 0 Å². The number of amides is 1. The molecule has 1 amide bonds. The van der Waals surface area contributed by atoms with Gasteiger partial charge in [0.15, 0.2) is 9.84 Å². The Labute approximate surface area is 200 Å². The molecule has 2 aromatic rings.